The maximum Gasteiger partial charge on any atom is 0.0540 e. The summed E-state index contributed by atoms with van der Waals surface area (Å²) < 4.78 is 0. The van der Waals surface area contributed by atoms with Gasteiger partial charge in [-0.1, -0.05) is 12.8 Å². The molecular formula is C5H11BrO. The van der Waals surface area contributed by atoms with Crippen LogP contribution >= 0.6 is 17.0 Å². The topological polar surface area (TPSA) is 20.2 Å². The van der Waals surface area contributed by atoms with E-state index in [0.717, 1.165) is 12.8 Å². The van der Waals surface area contributed by atoms with E-state index in [0.29, 0.717) is 0 Å². The van der Waals surface area contributed by atoms with Gasteiger partial charge in [0, 0.05) is 0 Å². The number of hydrogen-bond donors (Lipinski definition) is 1. The van der Waals surface area contributed by atoms with Gasteiger partial charge in [0.15, 0.2) is 0 Å². The summed E-state index contributed by atoms with van der Waals surface area (Å²) in [4.78, 5) is 0. The van der Waals surface area contributed by atoms with Crippen molar-refractivity contribution in [2.75, 3.05) is 0 Å². The maximum atomic E-state index is 8.73. The van der Waals surface area contributed by atoms with E-state index in [4.69, 9.17) is 5.11 Å². The van der Waals surface area contributed by atoms with Crippen molar-refractivity contribution in [3.63, 3.8) is 0 Å². The summed E-state index contributed by atoms with van der Waals surface area (Å²) >= 11 is 0. The van der Waals surface area contributed by atoms with Gasteiger partial charge in [-0.25, -0.2) is 0 Å². The quantitative estimate of drug-likeness (QED) is 0.579. The van der Waals surface area contributed by atoms with E-state index in [-0.39, 0.29) is 23.1 Å². The van der Waals surface area contributed by atoms with Crippen molar-refractivity contribution in [2.24, 2.45) is 0 Å². The van der Waals surface area contributed by atoms with Crippen molar-refractivity contribution < 1.29 is 5.11 Å². The first-order valence-corrected chi connectivity index (χ1v) is 2.57. The van der Waals surface area contributed by atoms with Crippen LogP contribution in [-0.4, -0.2) is 11.2 Å². The standard InChI is InChI=1S/C5H10O.BrH/c6-5-3-1-2-4-5;/h5-6H,1-4H2;1H. The molecular weight excluding hydrogens is 156 g/mol. The Morgan fingerprint density at radius 1 is 1.14 bits per heavy atom. The van der Waals surface area contributed by atoms with Crippen LogP contribution in [-0.2, 0) is 0 Å². The number of halogens is 1. The summed E-state index contributed by atoms with van der Waals surface area (Å²) in [5.41, 5.74) is 0. The van der Waals surface area contributed by atoms with Crippen molar-refractivity contribution in [2.45, 2.75) is 31.8 Å². The highest BCUT2D eigenvalue weighted by Gasteiger charge is 2.09. The van der Waals surface area contributed by atoms with Crippen LogP contribution < -0.4 is 0 Å². The summed E-state index contributed by atoms with van der Waals surface area (Å²) in [5, 5.41) is 8.73. The molecule has 0 aliphatic heterocycles. The Hall–Kier alpha value is 0.440. The lowest BCUT2D eigenvalue weighted by Gasteiger charge is -1.91. The second-order valence-electron chi connectivity index (χ2n) is 1.94. The summed E-state index contributed by atoms with van der Waals surface area (Å²) in [6, 6.07) is 0. The molecule has 2 heteroatoms. The van der Waals surface area contributed by atoms with Gasteiger partial charge in [-0.3, -0.25) is 0 Å². The van der Waals surface area contributed by atoms with Crippen LogP contribution in [0.25, 0.3) is 0 Å². The molecule has 1 fully saturated rings. The monoisotopic (exact) mass is 166 g/mol. The van der Waals surface area contributed by atoms with Crippen LogP contribution in [0.15, 0.2) is 0 Å². The van der Waals surface area contributed by atoms with Crippen molar-refractivity contribution in [3.8, 4) is 0 Å². The van der Waals surface area contributed by atoms with Crippen LogP contribution in [0.5, 0.6) is 0 Å². The van der Waals surface area contributed by atoms with Gasteiger partial charge in [-0.15, -0.1) is 17.0 Å². The van der Waals surface area contributed by atoms with Gasteiger partial charge in [-0.05, 0) is 12.8 Å². The lowest BCUT2D eigenvalue weighted by Crippen LogP contribution is -1.94. The zero-order chi connectivity index (χ0) is 4.41. The van der Waals surface area contributed by atoms with Gasteiger partial charge >= 0.3 is 0 Å². The minimum Gasteiger partial charge on any atom is -0.393 e. The molecule has 0 unspecified atom stereocenters. The van der Waals surface area contributed by atoms with E-state index in [9.17, 15) is 0 Å². The third-order valence-electron chi connectivity index (χ3n) is 1.32. The van der Waals surface area contributed by atoms with Crippen molar-refractivity contribution in [1.29, 1.82) is 0 Å². The molecule has 0 bridgehead atoms. The summed E-state index contributed by atoms with van der Waals surface area (Å²) in [6.45, 7) is 0. The largest absolute Gasteiger partial charge is 0.393 e. The molecule has 0 aromatic heterocycles. The number of rotatable bonds is 0. The zero-order valence-corrected chi connectivity index (χ0v) is 5.97. The Morgan fingerprint density at radius 3 is 1.71 bits per heavy atom. The molecule has 1 nitrogen and oxygen atoms in total. The van der Waals surface area contributed by atoms with Crippen LogP contribution in [0.1, 0.15) is 25.7 Å². The lowest BCUT2D eigenvalue weighted by atomic mass is 10.3. The molecule has 0 spiro atoms. The first-order valence-electron chi connectivity index (χ1n) is 2.57. The maximum absolute atomic E-state index is 8.73. The van der Waals surface area contributed by atoms with Crippen LogP contribution in [0, 0.1) is 0 Å². The predicted molar refractivity (Wildman–Crippen MR) is 34.8 cm³/mol. The van der Waals surface area contributed by atoms with Gasteiger partial charge in [0.2, 0.25) is 0 Å². The SMILES string of the molecule is Br.OC1CCCC1. The summed E-state index contributed by atoms with van der Waals surface area (Å²) in [7, 11) is 0. The lowest BCUT2D eigenvalue weighted by molar-refractivity contribution is 0.183. The van der Waals surface area contributed by atoms with Crippen molar-refractivity contribution in [1.82, 2.24) is 0 Å². The molecule has 1 N–H and O–H groups in total. The second kappa shape index (κ2) is 3.44. The molecule has 0 atom stereocenters. The normalized spacial score (nSPS) is 21.9. The van der Waals surface area contributed by atoms with E-state index < -0.39 is 0 Å². The van der Waals surface area contributed by atoms with Gasteiger partial charge < -0.3 is 5.11 Å². The molecule has 7 heavy (non-hydrogen) atoms. The van der Waals surface area contributed by atoms with E-state index in [1.807, 2.05) is 0 Å². The average molecular weight is 167 g/mol. The first kappa shape index (κ1) is 7.44. The molecule has 0 amide bonds. The Bertz CT molecular complexity index is 41.3. The van der Waals surface area contributed by atoms with E-state index in [1.165, 1.54) is 12.8 Å². The van der Waals surface area contributed by atoms with E-state index in [1.54, 1.807) is 0 Å². The molecule has 0 aromatic rings. The Kier molecular flexibility index (Phi) is 3.66. The molecule has 1 aliphatic rings. The van der Waals surface area contributed by atoms with Crippen molar-refractivity contribution >= 4 is 17.0 Å². The minimum atomic E-state index is 0. The molecule has 0 aromatic carbocycles. The van der Waals surface area contributed by atoms with E-state index in [2.05, 4.69) is 0 Å². The average Bonchev–Trinajstić information content (AvgIpc) is 1.86. The Morgan fingerprint density at radius 2 is 1.57 bits per heavy atom. The number of aliphatic hydroxyl groups excluding tert-OH is 1. The second-order valence-corrected chi connectivity index (χ2v) is 1.94. The fourth-order valence-corrected chi connectivity index (χ4v) is 0.904. The highest BCUT2D eigenvalue weighted by atomic mass is 79.9. The van der Waals surface area contributed by atoms with Gasteiger partial charge in [0.25, 0.3) is 0 Å². The Balaban J connectivity index is 0.000000360. The number of aliphatic hydroxyl groups is 1. The van der Waals surface area contributed by atoms with Crippen LogP contribution in [0.2, 0.25) is 0 Å². The summed E-state index contributed by atoms with van der Waals surface area (Å²) in [6.07, 6.45) is 4.60. The van der Waals surface area contributed by atoms with Gasteiger partial charge in [0.1, 0.15) is 0 Å². The van der Waals surface area contributed by atoms with Crippen LogP contribution in [0.3, 0.4) is 0 Å². The fourth-order valence-electron chi connectivity index (χ4n) is 0.904. The smallest absolute Gasteiger partial charge is 0.0540 e. The van der Waals surface area contributed by atoms with Gasteiger partial charge in [0.05, 0.1) is 6.10 Å². The Labute approximate surface area is 54.5 Å². The van der Waals surface area contributed by atoms with E-state index >= 15 is 0 Å². The number of hydrogen-bond acceptors (Lipinski definition) is 1. The summed E-state index contributed by atoms with van der Waals surface area (Å²) in [5.74, 6) is 0. The molecule has 1 saturated carbocycles. The highest BCUT2D eigenvalue weighted by Crippen LogP contribution is 2.16. The van der Waals surface area contributed by atoms with Gasteiger partial charge in [-0.2, -0.15) is 0 Å². The zero-order valence-electron chi connectivity index (χ0n) is 4.26. The third kappa shape index (κ3) is 2.29. The highest BCUT2D eigenvalue weighted by molar-refractivity contribution is 8.93. The first-order chi connectivity index (χ1) is 2.89. The van der Waals surface area contributed by atoms with Crippen molar-refractivity contribution in [3.05, 3.63) is 0 Å². The third-order valence-corrected chi connectivity index (χ3v) is 1.32. The molecule has 0 saturated heterocycles. The molecule has 0 heterocycles. The molecule has 44 valence electrons. The fraction of sp³-hybridized carbons (Fsp3) is 1.00. The predicted octanol–water partition coefficient (Wildman–Crippen LogP) is 1.50. The van der Waals surface area contributed by atoms with Crippen LogP contribution in [0.4, 0.5) is 0 Å². The minimum absolute atomic E-state index is 0. The molecule has 0 radical (unpaired) electrons. The molecule has 1 rings (SSSR count). The molecule has 1 aliphatic carbocycles.